The molecule has 3 aromatic carbocycles. The van der Waals surface area contributed by atoms with E-state index in [-0.39, 0.29) is 27.8 Å². The van der Waals surface area contributed by atoms with Crippen LogP contribution in [-0.4, -0.2) is 26.1 Å². The second-order valence-electron chi connectivity index (χ2n) is 6.90. The molecule has 35 heavy (non-hydrogen) atoms. The van der Waals surface area contributed by atoms with Gasteiger partial charge in [0, 0.05) is 5.02 Å². The van der Waals surface area contributed by atoms with Crippen LogP contribution < -0.4 is 19.5 Å². The summed E-state index contributed by atoms with van der Waals surface area (Å²) in [6.45, 7) is 0. The van der Waals surface area contributed by atoms with Gasteiger partial charge < -0.3 is 19.5 Å². The Kier molecular flexibility index (Phi) is 8.98. The van der Waals surface area contributed by atoms with Crippen LogP contribution in [0.5, 0.6) is 17.2 Å². The van der Waals surface area contributed by atoms with E-state index in [4.69, 9.17) is 37.4 Å². The lowest BCUT2D eigenvalue weighted by Gasteiger charge is -2.13. The minimum absolute atomic E-state index is 0.179. The molecule has 0 heterocycles. The predicted octanol–water partition coefficient (Wildman–Crippen LogP) is 6.38. The molecular weight excluding hydrogens is 606 g/mol. The van der Waals surface area contributed by atoms with Crippen molar-refractivity contribution in [3.05, 3.63) is 84.9 Å². The third-order valence-electron chi connectivity index (χ3n) is 4.62. The second-order valence-corrected chi connectivity index (χ2v) is 8.91. The van der Waals surface area contributed by atoms with Crippen LogP contribution in [0.3, 0.4) is 0 Å². The van der Waals surface area contributed by atoms with E-state index in [0.29, 0.717) is 25.5 Å². The van der Waals surface area contributed by atoms with E-state index in [1.54, 1.807) is 42.5 Å². The maximum absolute atomic E-state index is 12.7. The number of nitrogens with zero attached hydrogens (tertiary/aromatic N) is 1. The van der Waals surface area contributed by atoms with Gasteiger partial charge in [0.05, 0.1) is 34.1 Å². The van der Waals surface area contributed by atoms with Gasteiger partial charge in [-0.3, -0.25) is 4.79 Å². The molecule has 0 aromatic heterocycles. The molecule has 1 N–H and O–H groups in total. The van der Waals surface area contributed by atoms with Gasteiger partial charge in [-0.05, 0) is 88.8 Å². The molecule has 0 aliphatic rings. The number of methoxy groups -OCH3 is 2. The number of carbonyl (C=O) groups excluding carboxylic acids is 2. The minimum Gasteiger partial charge on any atom is -0.497 e. The van der Waals surface area contributed by atoms with Crippen LogP contribution in [-0.2, 0) is 4.79 Å². The average Bonchev–Trinajstić information content (AvgIpc) is 2.85. The van der Waals surface area contributed by atoms with Crippen LogP contribution in [0.15, 0.2) is 60.2 Å². The van der Waals surface area contributed by atoms with Crippen LogP contribution >= 0.6 is 45.8 Å². The molecule has 0 saturated heterocycles. The lowest BCUT2D eigenvalue weighted by Crippen LogP contribution is -2.14. The molecular formula is C25H17Cl2IN2O5. The topological polar surface area (TPSA) is 97.7 Å². The zero-order chi connectivity index (χ0) is 25.5. The van der Waals surface area contributed by atoms with Gasteiger partial charge >= 0.3 is 5.97 Å². The molecule has 0 atom stereocenters. The first-order valence-electron chi connectivity index (χ1n) is 9.87. The lowest BCUT2D eigenvalue weighted by atomic mass is 10.1. The Bertz CT molecular complexity index is 1350. The SMILES string of the molecule is COc1ccc(C(=O)Oc2c(I)cc(/C=C(\C#N)C(=O)Nc3cc(Cl)ccc3Cl)cc2OC)cc1. The van der Waals surface area contributed by atoms with Gasteiger partial charge in [0.2, 0.25) is 0 Å². The number of esters is 1. The van der Waals surface area contributed by atoms with Gasteiger partial charge in [-0.15, -0.1) is 0 Å². The summed E-state index contributed by atoms with van der Waals surface area (Å²) < 4.78 is 16.6. The Balaban J connectivity index is 1.86. The summed E-state index contributed by atoms with van der Waals surface area (Å²) in [5.41, 5.74) is 0.912. The molecule has 0 radical (unpaired) electrons. The zero-order valence-corrected chi connectivity index (χ0v) is 22.1. The molecule has 0 aliphatic heterocycles. The maximum atomic E-state index is 12.7. The highest BCUT2D eigenvalue weighted by atomic mass is 127. The summed E-state index contributed by atoms with van der Waals surface area (Å²) in [6.07, 6.45) is 1.38. The standard InChI is InChI=1S/C25H17Cl2IN2O5/c1-33-18-6-3-15(4-7-18)25(32)35-23-20(28)10-14(11-22(23)34-2)9-16(13-29)24(31)30-21-12-17(26)5-8-19(21)27/h3-12H,1-2H3,(H,30,31)/b16-9+. The number of nitrogens with one attached hydrogen (secondary N) is 1. The fraction of sp³-hybridized carbons (Fsp3) is 0.0800. The monoisotopic (exact) mass is 622 g/mol. The lowest BCUT2D eigenvalue weighted by molar-refractivity contribution is -0.112. The third kappa shape index (κ3) is 6.66. The predicted molar refractivity (Wildman–Crippen MR) is 142 cm³/mol. The number of rotatable bonds is 7. The number of carbonyl (C=O) groups is 2. The van der Waals surface area contributed by atoms with Crippen molar-refractivity contribution >= 4 is 69.4 Å². The number of amides is 1. The van der Waals surface area contributed by atoms with E-state index in [1.165, 1.54) is 32.4 Å². The second kappa shape index (κ2) is 11.9. The van der Waals surface area contributed by atoms with Crippen LogP contribution in [0, 0.1) is 14.9 Å². The Morgan fingerprint density at radius 2 is 1.74 bits per heavy atom. The molecule has 0 saturated carbocycles. The third-order valence-corrected chi connectivity index (χ3v) is 5.99. The summed E-state index contributed by atoms with van der Waals surface area (Å²) in [5.74, 6) is -0.177. The molecule has 0 spiro atoms. The van der Waals surface area contributed by atoms with E-state index >= 15 is 0 Å². The molecule has 0 bridgehead atoms. The Hall–Kier alpha value is -3.26. The van der Waals surface area contributed by atoms with Crippen LogP contribution in [0.25, 0.3) is 6.08 Å². The summed E-state index contributed by atoms with van der Waals surface area (Å²) in [7, 11) is 2.95. The highest BCUT2D eigenvalue weighted by molar-refractivity contribution is 14.1. The van der Waals surface area contributed by atoms with Crippen LogP contribution in [0.4, 0.5) is 5.69 Å². The summed E-state index contributed by atoms with van der Waals surface area (Å²) in [5, 5.41) is 12.8. The highest BCUT2D eigenvalue weighted by Gasteiger charge is 2.18. The van der Waals surface area contributed by atoms with Crippen molar-refractivity contribution in [1.82, 2.24) is 0 Å². The number of hydrogen-bond donors (Lipinski definition) is 1. The molecule has 3 rings (SSSR count). The van der Waals surface area contributed by atoms with Crippen molar-refractivity contribution in [3.63, 3.8) is 0 Å². The number of ether oxygens (including phenoxy) is 3. The summed E-state index contributed by atoms with van der Waals surface area (Å²) in [4.78, 5) is 25.3. The van der Waals surface area contributed by atoms with E-state index in [1.807, 2.05) is 28.7 Å². The first-order valence-corrected chi connectivity index (χ1v) is 11.7. The Morgan fingerprint density at radius 3 is 2.37 bits per heavy atom. The highest BCUT2D eigenvalue weighted by Crippen LogP contribution is 2.35. The molecule has 0 fully saturated rings. The Morgan fingerprint density at radius 1 is 1.03 bits per heavy atom. The quantitative estimate of drug-likeness (QED) is 0.108. The van der Waals surface area contributed by atoms with Gasteiger partial charge in [0.15, 0.2) is 11.5 Å². The fourth-order valence-electron chi connectivity index (χ4n) is 2.90. The van der Waals surface area contributed by atoms with Gasteiger partial charge in [-0.2, -0.15) is 5.26 Å². The number of hydrogen-bond acceptors (Lipinski definition) is 6. The number of halogens is 3. The van der Waals surface area contributed by atoms with Crippen LogP contribution in [0.1, 0.15) is 15.9 Å². The van der Waals surface area contributed by atoms with Gasteiger partial charge in [0.1, 0.15) is 17.4 Å². The Labute approximate surface area is 225 Å². The molecule has 0 unspecified atom stereocenters. The van der Waals surface area contributed by atoms with Crippen molar-refractivity contribution in [2.75, 3.05) is 19.5 Å². The van der Waals surface area contributed by atoms with Gasteiger partial charge in [0.25, 0.3) is 5.91 Å². The van der Waals surface area contributed by atoms with Gasteiger partial charge in [-0.25, -0.2) is 4.79 Å². The van der Waals surface area contributed by atoms with Gasteiger partial charge in [-0.1, -0.05) is 23.2 Å². The number of benzene rings is 3. The van der Waals surface area contributed by atoms with Crippen molar-refractivity contribution < 1.29 is 23.8 Å². The van der Waals surface area contributed by atoms with E-state index in [0.717, 1.165) is 0 Å². The fourth-order valence-corrected chi connectivity index (χ4v) is 3.97. The molecule has 10 heteroatoms. The van der Waals surface area contributed by atoms with Crippen molar-refractivity contribution in [1.29, 1.82) is 5.26 Å². The first kappa shape index (κ1) is 26.3. The van der Waals surface area contributed by atoms with E-state index < -0.39 is 11.9 Å². The van der Waals surface area contributed by atoms with Crippen molar-refractivity contribution in [3.8, 4) is 23.3 Å². The summed E-state index contributed by atoms with van der Waals surface area (Å²) in [6, 6.07) is 16.1. The largest absolute Gasteiger partial charge is 0.497 e. The zero-order valence-electron chi connectivity index (χ0n) is 18.4. The first-order chi connectivity index (χ1) is 16.7. The smallest absolute Gasteiger partial charge is 0.343 e. The molecule has 7 nitrogen and oxygen atoms in total. The number of anilines is 1. The molecule has 3 aromatic rings. The summed E-state index contributed by atoms with van der Waals surface area (Å²) >= 11 is 14.0. The van der Waals surface area contributed by atoms with Crippen LogP contribution in [0.2, 0.25) is 10.0 Å². The normalized spacial score (nSPS) is 10.8. The maximum Gasteiger partial charge on any atom is 0.343 e. The molecule has 178 valence electrons. The van der Waals surface area contributed by atoms with Crippen molar-refractivity contribution in [2.24, 2.45) is 0 Å². The molecule has 0 aliphatic carbocycles. The molecule has 1 amide bonds. The minimum atomic E-state index is -0.666. The van der Waals surface area contributed by atoms with E-state index in [2.05, 4.69) is 5.32 Å². The van der Waals surface area contributed by atoms with E-state index in [9.17, 15) is 14.9 Å². The average molecular weight is 623 g/mol. The number of nitriles is 1. The van der Waals surface area contributed by atoms with Crippen molar-refractivity contribution in [2.45, 2.75) is 0 Å².